The van der Waals surface area contributed by atoms with Crippen LogP contribution in [-0.4, -0.2) is 37.6 Å². The zero-order valence-electron chi connectivity index (χ0n) is 16.9. The van der Waals surface area contributed by atoms with Gasteiger partial charge in [0.25, 0.3) is 0 Å². The Morgan fingerprint density at radius 3 is 2.34 bits per heavy atom. The van der Waals surface area contributed by atoms with E-state index in [1.807, 2.05) is 18.2 Å². The predicted octanol–water partition coefficient (Wildman–Crippen LogP) is 3.38. The number of nitrogens with zero attached hydrogens (tertiary/aromatic N) is 1. The Kier molecular flexibility index (Phi) is 7.09. The average Bonchev–Trinajstić information content (AvgIpc) is 2.79. The van der Waals surface area contributed by atoms with Crippen molar-refractivity contribution in [2.45, 2.75) is 43.9 Å². The minimum atomic E-state index is 0.0580. The first-order valence-electron chi connectivity index (χ1n) is 10.4. The highest BCUT2D eigenvalue weighted by Crippen LogP contribution is 2.59. The van der Waals surface area contributed by atoms with E-state index in [2.05, 4.69) is 17.1 Å². The molecule has 0 saturated heterocycles. The first-order chi connectivity index (χ1) is 14.1. The third-order valence-corrected chi connectivity index (χ3v) is 6.75. The number of halogens is 1. The Morgan fingerprint density at radius 2 is 1.79 bits per heavy atom. The van der Waals surface area contributed by atoms with Gasteiger partial charge in [0.15, 0.2) is 0 Å². The Hall–Kier alpha value is -2.18. The lowest BCUT2D eigenvalue weighted by molar-refractivity contribution is 0.0685. The lowest BCUT2D eigenvalue weighted by atomic mass is 9.51. The number of ether oxygens (including phenoxy) is 1. The van der Waals surface area contributed by atoms with Gasteiger partial charge in [0, 0.05) is 29.4 Å². The van der Waals surface area contributed by atoms with E-state index in [1.165, 1.54) is 5.56 Å². The molecule has 2 bridgehead atoms. The first-order valence-corrected chi connectivity index (χ1v) is 10.4. The molecule has 0 atom stereocenters. The smallest absolute Gasteiger partial charge is 0.119 e. The number of hydrogen-bond donors (Lipinski definition) is 3. The number of allylic oxidation sites excluding steroid dienone is 2. The second-order valence-electron chi connectivity index (χ2n) is 8.25. The summed E-state index contributed by atoms with van der Waals surface area (Å²) in [5, 5.41) is 8.82. The molecule has 0 aliphatic heterocycles. The number of hydrogen-bond acceptors (Lipinski definition) is 5. The third-order valence-electron chi connectivity index (χ3n) is 6.75. The fourth-order valence-electron chi connectivity index (χ4n) is 4.71. The molecule has 0 unspecified atom stereocenters. The summed E-state index contributed by atoms with van der Waals surface area (Å²) in [4.78, 5) is 4.13. The topological polar surface area (TPSA) is 93.9 Å². The van der Waals surface area contributed by atoms with E-state index in [-0.39, 0.29) is 30.6 Å². The van der Waals surface area contributed by atoms with Gasteiger partial charge in [-0.25, -0.2) is 4.39 Å². The summed E-state index contributed by atoms with van der Waals surface area (Å²) in [5.41, 5.74) is 14.9. The molecule has 3 aliphatic rings. The molecular weight excluding hydrogens is 369 g/mol. The Balaban J connectivity index is 1.63. The standard InChI is InChI=1S/C23H32FN3O2/c24-15-18(16-25)17-29-20-3-1-19(2-4-20)22-6-9-23(10-7-22,11-8-22)21(26)5-12-27-13-14-28/h1-5,12,15,28H,6-11,13-14,16-17,25-26H2/b18-15+,21-5-,27-12?. The fourth-order valence-corrected chi connectivity index (χ4v) is 4.71. The van der Waals surface area contributed by atoms with Gasteiger partial charge in [-0.1, -0.05) is 12.1 Å². The number of aliphatic hydroxyl groups is 1. The van der Waals surface area contributed by atoms with E-state index in [0.717, 1.165) is 50.0 Å². The van der Waals surface area contributed by atoms with Crippen molar-refractivity contribution in [2.24, 2.45) is 21.9 Å². The van der Waals surface area contributed by atoms with Crippen LogP contribution in [0.25, 0.3) is 0 Å². The molecular formula is C23H32FN3O2. The molecule has 0 radical (unpaired) electrons. The van der Waals surface area contributed by atoms with Gasteiger partial charge in [-0.15, -0.1) is 0 Å². The lowest BCUT2D eigenvalue weighted by Crippen LogP contribution is -2.46. The molecule has 5 nitrogen and oxygen atoms in total. The van der Waals surface area contributed by atoms with Gasteiger partial charge in [0.1, 0.15) is 12.4 Å². The first kappa shape index (κ1) is 21.5. The summed E-state index contributed by atoms with van der Waals surface area (Å²) in [6.45, 7) is 0.803. The molecule has 158 valence electrons. The molecule has 0 aromatic heterocycles. The maximum atomic E-state index is 12.6. The van der Waals surface area contributed by atoms with Crippen LogP contribution >= 0.6 is 0 Å². The zero-order chi connectivity index (χ0) is 20.7. The molecule has 3 aliphatic carbocycles. The maximum Gasteiger partial charge on any atom is 0.119 e. The summed E-state index contributed by atoms with van der Waals surface area (Å²) < 4.78 is 18.2. The quantitative estimate of drug-likeness (QED) is 0.553. The number of benzene rings is 1. The fraction of sp³-hybridized carbons (Fsp3) is 0.522. The van der Waals surface area contributed by atoms with Crippen molar-refractivity contribution in [3.63, 3.8) is 0 Å². The van der Waals surface area contributed by atoms with Crippen molar-refractivity contribution < 1.29 is 14.2 Å². The normalized spacial score (nSPS) is 27.6. The van der Waals surface area contributed by atoms with Crippen molar-refractivity contribution in [1.29, 1.82) is 0 Å². The van der Waals surface area contributed by atoms with E-state index in [9.17, 15) is 4.39 Å². The van der Waals surface area contributed by atoms with Crippen LogP contribution in [0.1, 0.15) is 44.1 Å². The highest BCUT2D eigenvalue weighted by molar-refractivity contribution is 5.72. The Morgan fingerprint density at radius 1 is 1.14 bits per heavy atom. The molecule has 4 rings (SSSR count). The van der Waals surface area contributed by atoms with Gasteiger partial charge in [0.05, 0.1) is 19.5 Å². The average molecular weight is 402 g/mol. The zero-order valence-corrected chi connectivity index (χ0v) is 16.9. The monoisotopic (exact) mass is 401 g/mol. The molecule has 3 saturated carbocycles. The van der Waals surface area contributed by atoms with Crippen LogP contribution in [0.2, 0.25) is 0 Å². The molecule has 29 heavy (non-hydrogen) atoms. The van der Waals surface area contributed by atoms with Crippen molar-refractivity contribution >= 4 is 6.21 Å². The second-order valence-corrected chi connectivity index (χ2v) is 8.25. The number of fused-ring (bicyclic) bond motifs is 3. The van der Waals surface area contributed by atoms with E-state index < -0.39 is 0 Å². The van der Waals surface area contributed by atoms with Gasteiger partial charge in [-0.2, -0.15) is 0 Å². The lowest BCUT2D eigenvalue weighted by Gasteiger charge is -2.54. The summed E-state index contributed by atoms with van der Waals surface area (Å²) in [7, 11) is 0. The Labute approximate surface area is 172 Å². The molecule has 0 spiro atoms. The summed E-state index contributed by atoms with van der Waals surface area (Å²) in [6.07, 6.45) is 10.8. The molecule has 5 N–H and O–H groups in total. The van der Waals surface area contributed by atoms with Crippen LogP contribution in [0.15, 0.2) is 52.9 Å². The van der Waals surface area contributed by atoms with Crippen molar-refractivity contribution in [1.82, 2.24) is 0 Å². The minimum absolute atomic E-state index is 0.0580. The van der Waals surface area contributed by atoms with Gasteiger partial charge in [0.2, 0.25) is 0 Å². The number of rotatable bonds is 9. The highest BCUT2D eigenvalue weighted by atomic mass is 19.1. The van der Waals surface area contributed by atoms with Crippen LogP contribution < -0.4 is 16.2 Å². The molecule has 6 heteroatoms. The molecule has 3 fully saturated rings. The highest BCUT2D eigenvalue weighted by Gasteiger charge is 2.50. The SMILES string of the molecule is NC/C(=C\F)COc1ccc(C23CCC(/C(N)=C/C=NCCO)(CC2)CC3)cc1. The molecule has 1 aromatic rings. The minimum Gasteiger partial charge on any atom is -0.489 e. The van der Waals surface area contributed by atoms with Crippen molar-refractivity contribution in [2.75, 3.05) is 26.3 Å². The molecule has 1 aromatic carbocycles. The van der Waals surface area contributed by atoms with Crippen LogP contribution in [-0.2, 0) is 5.41 Å². The van der Waals surface area contributed by atoms with Crippen LogP contribution in [0.4, 0.5) is 4.39 Å². The van der Waals surface area contributed by atoms with Crippen LogP contribution in [0, 0.1) is 5.41 Å². The van der Waals surface area contributed by atoms with Crippen molar-refractivity contribution in [3.05, 3.63) is 53.5 Å². The van der Waals surface area contributed by atoms with Gasteiger partial charge in [-0.05, 0) is 67.7 Å². The maximum absolute atomic E-state index is 12.6. The predicted molar refractivity (Wildman–Crippen MR) is 115 cm³/mol. The second kappa shape index (κ2) is 9.55. The summed E-state index contributed by atoms with van der Waals surface area (Å²) in [6, 6.07) is 8.24. The van der Waals surface area contributed by atoms with E-state index in [0.29, 0.717) is 18.4 Å². The van der Waals surface area contributed by atoms with Gasteiger partial charge in [-0.3, -0.25) is 4.99 Å². The van der Waals surface area contributed by atoms with Crippen LogP contribution in [0.3, 0.4) is 0 Å². The summed E-state index contributed by atoms with van der Waals surface area (Å²) >= 11 is 0. The molecule has 0 heterocycles. The largest absolute Gasteiger partial charge is 0.489 e. The summed E-state index contributed by atoms with van der Waals surface area (Å²) in [5.74, 6) is 0.730. The van der Waals surface area contributed by atoms with E-state index in [1.54, 1.807) is 6.21 Å². The van der Waals surface area contributed by atoms with E-state index >= 15 is 0 Å². The Bertz CT molecular complexity index is 746. The third kappa shape index (κ3) is 4.70. The van der Waals surface area contributed by atoms with Gasteiger partial charge >= 0.3 is 0 Å². The van der Waals surface area contributed by atoms with E-state index in [4.69, 9.17) is 21.3 Å². The number of nitrogens with two attached hydrogens (primary N) is 2. The van der Waals surface area contributed by atoms with Crippen molar-refractivity contribution in [3.8, 4) is 5.75 Å². The molecule has 0 amide bonds. The van der Waals surface area contributed by atoms with Crippen LogP contribution in [0.5, 0.6) is 5.75 Å². The van der Waals surface area contributed by atoms with Gasteiger partial charge < -0.3 is 21.3 Å². The number of aliphatic imine (C=N–C) groups is 1. The number of aliphatic hydroxyl groups excluding tert-OH is 1.